The molecule has 0 radical (unpaired) electrons. The molecule has 1 aromatic rings. The van der Waals surface area contributed by atoms with E-state index in [1.807, 2.05) is 24.3 Å². The summed E-state index contributed by atoms with van der Waals surface area (Å²) in [6.07, 6.45) is 1.61. The van der Waals surface area contributed by atoms with Gasteiger partial charge in [-0.15, -0.1) is 0 Å². The van der Waals surface area contributed by atoms with E-state index in [2.05, 4.69) is 19.9 Å². The van der Waals surface area contributed by atoms with Gasteiger partial charge in [-0.05, 0) is 57.2 Å². The molecule has 1 fully saturated rings. The van der Waals surface area contributed by atoms with Crippen LogP contribution in [0.3, 0.4) is 0 Å². The lowest BCUT2D eigenvalue weighted by molar-refractivity contribution is -0.148. The second kappa shape index (κ2) is 8.35. The Balaban J connectivity index is 2.39. The van der Waals surface area contributed by atoms with Gasteiger partial charge in [0.2, 0.25) is 0 Å². The Labute approximate surface area is 149 Å². The number of carbonyl (C=O) groups is 1. The molecule has 1 saturated heterocycles. The molecule has 25 heavy (non-hydrogen) atoms. The van der Waals surface area contributed by atoms with E-state index in [1.165, 1.54) is 0 Å². The summed E-state index contributed by atoms with van der Waals surface area (Å²) in [4.78, 5) is 12.4. The zero-order valence-electron chi connectivity index (χ0n) is 15.5. The molecule has 0 aliphatic carbocycles. The summed E-state index contributed by atoms with van der Waals surface area (Å²) in [7, 11) is 1.62. The van der Waals surface area contributed by atoms with Crippen LogP contribution in [0.1, 0.15) is 45.1 Å². The number of nitrogens with zero attached hydrogens (tertiary/aromatic N) is 1. The van der Waals surface area contributed by atoms with Crippen molar-refractivity contribution in [2.45, 2.75) is 45.1 Å². The largest absolute Gasteiger partial charge is 0.497 e. The summed E-state index contributed by atoms with van der Waals surface area (Å²) in [5, 5.41) is 9.71. The third-order valence-electron chi connectivity index (χ3n) is 4.78. The molecule has 0 amide bonds. The maximum Gasteiger partial charge on any atom is 0.323 e. The van der Waals surface area contributed by atoms with Crippen molar-refractivity contribution in [2.75, 3.05) is 20.3 Å². The maximum atomic E-state index is 12.4. The highest BCUT2D eigenvalue weighted by molar-refractivity contribution is 5.76. The van der Waals surface area contributed by atoms with Crippen LogP contribution in [0.15, 0.2) is 24.3 Å². The van der Waals surface area contributed by atoms with Crippen molar-refractivity contribution in [2.24, 2.45) is 11.8 Å². The molecule has 5 heteroatoms. The fraction of sp³-hybridized carbons (Fsp3) is 0.600. The molecule has 1 aromatic carbocycles. The summed E-state index contributed by atoms with van der Waals surface area (Å²) in [6, 6.07) is 9.81. The molecule has 0 unspecified atom stereocenters. The van der Waals surface area contributed by atoms with Crippen molar-refractivity contribution < 1.29 is 19.0 Å². The lowest BCUT2D eigenvalue weighted by Crippen LogP contribution is -2.39. The molecule has 0 saturated carbocycles. The van der Waals surface area contributed by atoms with E-state index in [0.29, 0.717) is 6.61 Å². The van der Waals surface area contributed by atoms with Gasteiger partial charge in [-0.3, -0.25) is 4.79 Å². The number of methoxy groups -OCH3 is 1. The quantitative estimate of drug-likeness (QED) is 0.736. The Bertz CT molecular complexity index is 618. The fourth-order valence-electron chi connectivity index (χ4n) is 3.66. The number of esters is 1. The van der Waals surface area contributed by atoms with Crippen molar-refractivity contribution in [1.82, 2.24) is 0 Å². The third kappa shape index (κ3) is 4.73. The number of hydrogen-bond donors (Lipinski definition) is 0. The highest BCUT2D eigenvalue weighted by atomic mass is 16.5. The number of ether oxygens (including phenoxy) is 3. The number of carbonyl (C=O) groups excluding carboxylic acids is 1. The van der Waals surface area contributed by atoms with Crippen molar-refractivity contribution in [3.63, 3.8) is 0 Å². The van der Waals surface area contributed by atoms with Gasteiger partial charge in [-0.2, -0.15) is 5.26 Å². The van der Waals surface area contributed by atoms with Gasteiger partial charge in [-0.25, -0.2) is 0 Å². The molecular formula is C20H27NO4. The summed E-state index contributed by atoms with van der Waals surface area (Å²) in [6.45, 7) is 6.76. The van der Waals surface area contributed by atoms with Crippen LogP contribution in [0.25, 0.3) is 0 Å². The Kier molecular flexibility index (Phi) is 6.44. The topological polar surface area (TPSA) is 68.6 Å². The zero-order chi connectivity index (χ0) is 18.4. The Hall–Kier alpha value is -2.06. The van der Waals surface area contributed by atoms with Gasteiger partial charge < -0.3 is 14.2 Å². The standard InChI is InChI=1S/C20H27NO4/c1-5-24-19(22)17(13-21)18(14-6-8-16(23-4)9-7-14)15-10-11-25-20(2,3)12-15/h6-9,15,17-18H,5,10-12H2,1-4H3/t15-,17-,18-/m0/s1. The van der Waals surface area contributed by atoms with Crippen molar-refractivity contribution in [3.8, 4) is 11.8 Å². The SMILES string of the molecule is CCOC(=O)[C@@H](C#N)[C@@H](c1ccc(OC)cc1)[C@H]1CCOC(C)(C)C1. The van der Waals surface area contributed by atoms with E-state index in [9.17, 15) is 10.1 Å². The summed E-state index contributed by atoms with van der Waals surface area (Å²) < 4.78 is 16.2. The van der Waals surface area contributed by atoms with Gasteiger partial charge in [0.15, 0.2) is 5.92 Å². The molecule has 0 spiro atoms. The maximum absolute atomic E-state index is 12.4. The third-order valence-corrected chi connectivity index (χ3v) is 4.78. The van der Waals surface area contributed by atoms with Crippen LogP contribution in [0.5, 0.6) is 5.75 Å². The normalized spacial score (nSPS) is 21.6. The highest BCUT2D eigenvalue weighted by Crippen LogP contribution is 2.42. The number of benzene rings is 1. The van der Waals surface area contributed by atoms with E-state index in [4.69, 9.17) is 14.2 Å². The van der Waals surface area contributed by atoms with Crippen molar-refractivity contribution in [3.05, 3.63) is 29.8 Å². The van der Waals surface area contributed by atoms with Gasteiger partial charge in [0.25, 0.3) is 0 Å². The van der Waals surface area contributed by atoms with Gasteiger partial charge >= 0.3 is 5.97 Å². The van der Waals surface area contributed by atoms with Gasteiger partial charge in [0.1, 0.15) is 5.75 Å². The molecule has 0 N–H and O–H groups in total. The average molecular weight is 345 g/mol. The minimum Gasteiger partial charge on any atom is -0.497 e. The molecular weight excluding hydrogens is 318 g/mol. The van der Waals surface area contributed by atoms with Gasteiger partial charge in [0.05, 0.1) is 25.4 Å². The first kappa shape index (κ1) is 19.3. The number of rotatable bonds is 6. The van der Waals surface area contributed by atoms with E-state index < -0.39 is 11.9 Å². The lowest BCUT2D eigenvalue weighted by atomic mass is 9.71. The summed E-state index contributed by atoms with van der Waals surface area (Å²) in [5.74, 6) is -0.578. The molecule has 5 nitrogen and oxygen atoms in total. The zero-order valence-corrected chi connectivity index (χ0v) is 15.5. The minimum absolute atomic E-state index is 0.172. The van der Waals surface area contributed by atoms with Gasteiger partial charge in [0, 0.05) is 12.5 Å². The van der Waals surface area contributed by atoms with Crippen molar-refractivity contribution in [1.29, 1.82) is 5.26 Å². The number of hydrogen-bond acceptors (Lipinski definition) is 5. The van der Waals surface area contributed by atoms with Crippen molar-refractivity contribution >= 4 is 5.97 Å². The molecule has 2 rings (SSSR count). The first-order valence-corrected chi connectivity index (χ1v) is 8.76. The van der Waals surface area contributed by atoms with E-state index in [0.717, 1.165) is 24.2 Å². The average Bonchev–Trinajstić information content (AvgIpc) is 2.59. The second-order valence-electron chi connectivity index (χ2n) is 7.02. The molecule has 1 heterocycles. The highest BCUT2D eigenvalue weighted by Gasteiger charge is 2.41. The smallest absolute Gasteiger partial charge is 0.323 e. The molecule has 0 bridgehead atoms. The van der Waals surface area contributed by atoms with Crippen LogP contribution in [-0.2, 0) is 14.3 Å². The predicted molar refractivity (Wildman–Crippen MR) is 94.2 cm³/mol. The van der Waals surface area contributed by atoms with E-state index in [-0.39, 0.29) is 24.0 Å². The fourth-order valence-corrected chi connectivity index (χ4v) is 3.66. The molecule has 3 atom stereocenters. The second-order valence-corrected chi connectivity index (χ2v) is 7.02. The first-order chi connectivity index (χ1) is 11.9. The Morgan fingerprint density at radius 3 is 2.60 bits per heavy atom. The monoisotopic (exact) mass is 345 g/mol. The van der Waals surface area contributed by atoms with Gasteiger partial charge in [-0.1, -0.05) is 12.1 Å². The molecule has 136 valence electrons. The predicted octanol–water partition coefficient (Wildman–Crippen LogP) is 3.69. The van der Waals surface area contributed by atoms with Crippen LogP contribution in [0.2, 0.25) is 0 Å². The molecule has 1 aliphatic heterocycles. The van der Waals surface area contributed by atoms with Crippen LogP contribution in [0, 0.1) is 23.2 Å². The molecule has 1 aliphatic rings. The lowest BCUT2D eigenvalue weighted by Gasteiger charge is -2.40. The first-order valence-electron chi connectivity index (χ1n) is 8.76. The van der Waals surface area contributed by atoms with Crippen LogP contribution in [0.4, 0.5) is 0 Å². The summed E-state index contributed by atoms with van der Waals surface area (Å²) in [5.41, 5.74) is 0.700. The van der Waals surface area contributed by atoms with Crippen LogP contribution >= 0.6 is 0 Å². The Morgan fingerprint density at radius 1 is 1.40 bits per heavy atom. The van der Waals surface area contributed by atoms with Crippen LogP contribution in [-0.4, -0.2) is 31.9 Å². The van der Waals surface area contributed by atoms with E-state index in [1.54, 1.807) is 14.0 Å². The minimum atomic E-state index is -0.827. The number of nitriles is 1. The molecule has 0 aromatic heterocycles. The summed E-state index contributed by atoms with van der Waals surface area (Å²) >= 11 is 0. The Morgan fingerprint density at radius 2 is 2.08 bits per heavy atom. The van der Waals surface area contributed by atoms with E-state index >= 15 is 0 Å². The van der Waals surface area contributed by atoms with Crippen LogP contribution < -0.4 is 4.74 Å².